The van der Waals surface area contributed by atoms with Crippen LogP contribution in [0.15, 0.2) is 24.3 Å². The number of carbonyl (C=O) groups is 2. The van der Waals surface area contributed by atoms with Gasteiger partial charge in [0.2, 0.25) is 11.8 Å². The largest absolute Gasteiger partial charge is 0.343 e. The maximum atomic E-state index is 12.8. The van der Waals surface area contributed by atoms with Crippen LogP contribution in [0.3, 0.4) is 0 Å². The average molecular weight is 420 g/mol. The molecule has 2 aliphatic rings. The van der Waals surface area contributed by atoms with E-state index in [0.29, 0.717) is 24.9 Å². The summed E-state index contributed by atoms with van der Waals surface area (Å²) in [5.74, 6) is 0.603. The second kappa shape index (κ2) is 10.4. The molecule has 3 rings (SSSR count). The number of benzene rings is 1. The molecule has 2 unspecified atom stereocenters. The number of amides is 2. The third-order valence-electron chi connectivity index (χ3n) is 6.49. The quantitative estimate of drug-likeness (QED) is 0.704. The fourth-order valence-electron chi connectivity index (χ4n) is 4.72. The van der Waals surface area contributed by atoms with Gasteiger partial charge in [-0.3, -0.25) is 14.5 Å². The second-order valence-corrected chi connectivity index (χ2v) is 8.64. The number of carbonyl (C=O) groups excluding carboxylic acids is 2. The van der Waals surface area contributed by atoms with Gasteiger partial charge in [-0.15, -0.1) is 0 Å². The van der Waals surface area contributed by atoms with Crippen molar-refractivity contribution in [2.45, 2.75) is 58.5 Å². The van der Waals surface area contributed by atoms with E-state index in [1.165, 1.54) is 0 Å². The van der Waals surface area contributed by atoms with E-state index in [4.69, 9.17) is 11.6 Å². The van der Waals surface area contributed by atoms with Gasteiger partial charge in [-0.25, -0.2) is 0 Å². The molecule has 0 aliphatic carbocycles. The Balaban J connectivity index is 1.60. The Hall–Kier alpha value is -1.59. The van der Waals surface area contributed by atoms with E-state index in [1.807, 2.05) is 47.9 Å². The van der Waals surface area contributed by atoms with Gasteiger partial charge in [-0.2, -0.15) is 0 Å². The highest BCUT2D eigenvalue weighted by atomic mass is 35.5. The highest BCUT2D eigenvalue weighted by Gasteiger charge is 2.33. The van der Waals surface area contributed by atoms with Crippen LogP contribution >= 0.6 is 11.6 Å². The van der Waals surface area contributed by atoms with Gasteiger partial charge in [-0.1, -0.05) is 29.8 Å². The number of halogens is 1. The Bertz CT molecular complexity index is 707. The van der Waals surface area contributed by atoms with Crippen molar-refractivity contribution in [2.24, 2.45) is 5.92 Å². The predicted molar refractivity (Wildman–Crippen MR) is 117 cm³/mol. The summed E-state index contributed by atoms with van der Waals surface area (Å²) < 4.78 is 0. The molecule has 0 bridgehead atoms. The molecule has 5 nitrogen and oxygen atoms in total. The van der Waals surface area contributed by atoms with Crippen molar-refractivity contribution in [1.82, 2.24) is 14.7 Å². The summed E-state index contributed by atoms with van der Waals surface area (Å²) in [5, 5.41) is 0.717. The molecule has 1 aromatic carbocycles. The SMILES string of the molecule is CCN(CC)C(=O)C1CCCN(C2CCC(=O)N(Cc3ccccc3Cl)CC2)C1. The van der Waals surface area contributed by atoms with Crippen LogP contribution in [0.25, 0.3) is 0 Å². The highest BCUT2D eigenvalue weighted by Crippen LogP contribution is 2.27. The Morgan fingerprint density at radius 3 is 2.62 bits per heavy atom. The van der Waals surface area contributed by atoms with Crippen LogP contribution in [0.2, 0.25) is 5.02 Å². The first kappa shape index (κ1) is 22.1. The van der Waals surface area contributed by atoms with E-state index in [9.17, 15) is 9.59 Å². The van der Waals surface area contributed by atoms with Gasteiger partial charge in [-0.05, 0) is 57.7 Å². The lowest BCUT2D eigenvalue weighted by molar-refractivity contribution is -0.137. The Morgan fingerprint density at radius 2 is 1.90 bits per heavy atom. The third-order valence-corrected chi connectivity index (χ3v) is 6.86. The van der Waals surface area contributed by atoms with E-state index in [2.05, 4.69) is 4.90 Å². The van der Waals surface area contributed by atoms with Crippen LogP contribution in [0, 0.1) is 5.92 Å². The lowest BCUT2D eigenvalue weighted by Gasteiger charge is -2.38. The first-order chi connectivity index (χ1) is 14.0. The first-order valence-corrected chi connectivity index (χ1v) is 11.4. The summed E-state index contributed by atoms with van der Waals surface area (Å²) in [6.07, 6.45) is 4.45. The maximum absolute atomic E-state index is 12.8. The molecule has 0 aromatic heterocycles. The molecule has 0 N–H and O–H groups in total. The maximum Gasteiger partial charge on any atom is 0.226 e. The summed E-state index contributed by atoms with van der Waals surface area (Å²) in [6, 6.07) is 8.13. The Morgan fingerprint density at radius 1 is 1.14 bits per heavy atom. The summed E-state index contributed by atoms with van der Waals surface area (Å²) in [7, 11) is 0. The molecule has 29 heavy (non-hydrogen) atoms. The minimum atomic E-state index is 0.0989. The van der Waals surface area contributed by atoms with Crippen LogP contribution in [-0.2, 0) is 16.1 Å². The smallest absolute Gasteiger partial charge is 0.226 e. The van der Waals surface area contributed by atoms with Gasteiger partial charge in [0.1, 0.15) is 0 Å². The molecule has 2 heterocycles. The van der Waals surface area contributed by atoms with Gasteiger partial charge in [0.25, 0.3) is 0 Å². The van der Waals surface area contributed by atoms with E-state index in [1.54, 1.807) is 0 Å². The predicted octanol–water partition coefficient (Wildman–Crippen LogP) is 3.80. The first-order valence-electron chi connectivity index (χ1n) is 11.1. The molecule has 160 valence electrons. The number of rotatable bonds is 6. The average Bonchev–Trinajstić information content (AvgIpc) is 2.92. The molecule has 2 aliphatic heterocycles. The van der Waals surface area contributed by atoms with Gasteiger partial charge >= 0.3 is 0 Å². The number of nitrogens with zero attached hydrogens (tertiary/aromatic N) is 3. The topological polar surface area (TPSA) is 43.9 Å². The zero-order valence-electron chi connectivity index (χ0n) is 17.8. The van der Waals surface area contributed by atoms with E-state index < -0.39 is 0 Å². The normalized spacial score (nSPS) is 23.7. The van der Waals surface area contributed by atoms with Crippen molar-refractivity contribution < 1.29 is 9.59 Å². The Labute approximate surface area is 180 Å². The lowest BCUT2D eigenvalue weighted by atomic mass is 9.93. The zero-order chi connectivity index (χ0) is 20.8. The fraction of sp³-hybridized carbons (Fsp3) is 0.652. The second-order valence-electron chi connectivity index (χ2n) is 8.23. The minimum Gasteiger partial charge on any atom is -0.343 e. The molecule has 2 amide bonds. The summed E-state index contributed by atoms with van der Waals surface area (Å²) in [5.41, 5.74) is 1.00. The fourth-order valence-corrected chi connectivity index (χ4v) is 4.92. The van der Waals surface area contributed by atoms with Crippen LogP contribution in [-0.4, -0.2) is 65.3 Å². The van der Waals surface area contributed by atoms with Crippen molar-refractivity contribution in [1.29, 1.82) is 0 Å². The minimum absolute atomic E-state index is 0.0989. The monoisotopic (exact) mass is 419 g/mol. The van der Waals surface area contributed by atoms with Crippen molar-refractivity contribution in [3.05, 3.63) is 34.9 Å². The van der Waals surface area contributed by atoms with Gasteiger partial charge in [0, 0.05) is 50.2 Å². The Kier molecular flexibility index (Phi) is 7.96. The highest BCUT2D eigenvalue weighted by molar-refractivity contribution is 6.31. The van der Waals surface area contributed by atoms with Crippen molar-refractivity contribution >= 4 is 23.4 Å². The molecule has 0 radical (unpaired) electrons. The van der Waals surface area contributed by atoms with E-state index >= 15 is 0 Å². The zero-order valence-corrected chi connectivity index (χ0v) is 18.5. The molecule has 2 atom stereocenters. The van der Waals surface area contributed by atoms with Gasteiger partial charge in [0.05, 0.1) is 5.92 Å². The number of piperidine rings is 1. The van der Waals surface area contributed by atoms with Gasteiger partial charge in [0.15, 0.2) is 0 Å². The van der Waals surface area contributed by atoms with Gasteiger partial charge < -0.3 is 9.80 Å². The molecule has 1 aromatic rings. The van der Waals surface area contributed by atoms with Crippen LogP contribution in [0.4, 0.5) is 0 Å². The molecule has 0 spiro atoms. The number of hydrogen-bond donors (Lipinski definition) is 0. The lowest BCUT2D eigenvalue weighted by Crippen LogP contribution is -2.48. The number of likely N-dealkylation sites (tertiary alicyclic amines) is 2. The third kappa shape index (κ3) is 5.52. The summed E-state index contributed by atoms with van der Waals surface area (Å²) in [4.78, 5) is 31.9. The molecule has 0 saturated carbocycles. The van der Waals surface area contributed by atoms with Crippen LogP contribution < -0.4 is 0 Å². The van der Waals surface area contributed by atoms with Crippen molar-refractivity contribution in [3.63, 3.8) is 0 Å². The van der Waals surface area contributed by atoms with E-state index in [0.717, 1.165) is 69.0 Å². The number of hydrogen-bond acceptors (Lipinski definition) is 3. The molecule has 2 saturated heterocycles. The molecular weight excluding hydrogens is 386 g/mol. The summed E-state index contributed by atoms with van der Waals surface area (Å²) in [6.45, 7) is 8.85. The van der Waals surface area contributed by atoms with Crippen LogP contribution in [0.1, 0.15) is 51.5 Å². The van der Waals surface area contributed by atoms with Crippen molar-refractivity contribution in [2.75, 3.05) is 32.7 Å². The van der Waals surface area contributed by atoms with E-state index in [-0.39, 0.29) is 11.8 Å². The molecule has 2 fully saturated rings. The molecular formula is C23H34ClN3O2. The molecule has 6 heteroatoms. The summed E-state index contributed by atoms with van der Waals surface area (Å²) >= 11 is 6.30. The standard InChI is InChI=1S/C23H34ClN3O2/c1-3-25(4-2)23(29)19-9-7-14-26(17-19)20-11-12-22(28)27(15-13-20)16-18-8-5-6-10-21(18)24/h5-6,8,10,19-20H,3-4,7,9,11-17H2,1-2H3. The van der Waals surface area contributed by atoms with Crippen LogP contribution in [0.5, 0.6) is 0 Å². The van der Waals surface area contributed by atoms with Crippen molar-refractivity contribution in [3.8, 4) is 0 Å².